The number of methoxy groups -OCH3 is 1. The predicted molar refractivity (Wildman–Crippen MR) is 68.6 cm³/mol. The summed E-state index contributed by atoms with van der Waals surface area (Å²) in [6.45, 7) is 1.03. The lowest BCUT2D eigenvalue weighted by Crippen LogP contribution is -2.42. The Morgan fingerprint density at radius 2 is 2.33 bits per heavy atom. The van der Waals surface area contributed by atoms with Crippen LogP contribution in [0.15, 0.2) is 18.2 Å². The summed E-state index contributed by atoms with van der Waals surface area (Å²) < 4.78 is 5.10. The van der Waals surface area contributed by atoms with Crippen molar-refractivity contribution in [3.05, 3.63) is 23.8 Å². The van der Waals surface area contributed by atoms with E-state index in [-0.39, 0.29) is 5.91 Å². The van der Waals surface area contributed by atoms with Gasteiger partial charge in [0.15, 0.2) is 0 Å². The van der Waals surface area contributed by atoms with E-state index in [1.54, 1.807) is 23.1 Å². The molecule has 1 atom stereocenters. The molecule has 5 nitrogen and oxygen atoms in total. The first kappa shape index (κ1) is 12.7. The van der Waals surface area contributed by atoms with E-state index in [2.05, 4.69) is 0 Å². The van der Waals surface area contributed by atoms with Crippen LogP contribution in [0.3, 0.4) is 0 Å². The Kier molecular flexibility index (Phi) is 3.72. The van der Waals surface area contributed by atoms with Gasteiger partial charge in [-0.05, 0) is 25.0 Å². The van der Waals surface area contributed by atoms with Gasteiger partial charge in [0.1, 0.15) is 5.75 Å². The number of likely N-dealkylation sites (tertiary alicyclic amines) is 1. The van der Waals surface area contributed by atoms with Crippen LogP contribution < -0.4 is 10.5 Å². The number of rotatable bonds is 2. The second kappa shape index (κ2) is 5.27. The van der Waals surface area contributed by atoms with Gasteiger partial charge in [0.25, 0.3) is 5.91 Å². The van der Waals surface area contributed by atoms with Crippen molar-refractivity contribution in [2.24, 2.45) is 0 Å². The van der Waals surface area contributed by atoms with Crippen LogP contribution in [0.25, 0.3) is 0 Å². The van der Waals surface area contributed by atoms with Crippen molar-refractivity contribution in [2.45, 2.75) is 18.9 Å². The lowest BCUT2D eigenvalue weighted by molar-refractivity contribution is 0.0474. The average Bonchev–Trinajstić information content (AvgIpc) is 2.38. The molecular formula is C13H18N2O3. The normalized spacial score (nSPS) is 19.7. The first-order valence-corrected chi connectivity index (χ1v) is 6.03. The Labute approximate surface area is 106 Å². The number of piperidine rings is 1. The van der Waals surface area contributed by atoms with Crippen LogP contribution in [0.2, 0.25) is 0 Å². The van der Waals surface area contributed by atoms with Crippen LogP contribution in [0.5, 0.6) is 5.75 Å². The number of anilines is 1. The number of hydrogen-bond acceptors (Lipinski definition) is 4. The molecule has 18 heavy (non-hydrogen) atoms. The summed E-state index contributed by atoms with van der Waals surface area (Å²) >= 11 is 0. The number of ether oxygens (including phenoxy) is 1. The van der Waals surface area contributed by atoms with Gasteiger partial charge in [-0.3, -0.25) is 4.79 Å². The van der Waals surface area contributed by atoms with Gasteiger partial charge in [-0.25, -0.2) is 0 Å². The number of benzene rings is 1. The lowest BCUT2D eigenvalue weighted by atomic mass is 10.1. The van der Waals surface area contributed by atoms with Gasteiger partial charge < -0.3 is 20.5 Å². The van der Waals surface area contributed by atoms with Crippen LogP contribution >= 0.6 is 0 Å². The van der Waals surface area contributed by atoms with Crippen molar-refractivity contribution in [2.75, 3.05) is 25.9 Å². The number of nitrogens with zero attached hydrogens (tertiary/aromatic N) is 1. The summed E-state index contributed by atoms with van der Waals surface area (Å²) in [5.74, 6) is 0.351. The SMILES string of the molecule is COc1cccc(C(=O)N2CCCC(O)C2)c1N. The summed E-state index contributed by atoms with van der Waals surface area (Å²) in [5.41, 5.74) is 6.69. The number of aliphatic hydroxyl groups is 1. The van der Waals surface area contributed by atoms with E-state index in [9.17, 15) is 9.90 Å². The van der Waals surface area contributed by atoms with Crippen molar-refractivity contribution < 1.29 is 14.6 Å². The molecule has 0 radical (unpaired) electrons. The maximum absolute atomic E-state index is 12.3. The Morgan fingerprint density at radius 3 is 3.00 bits per heavy atom. The molecule has 98 valence electrons. The number of amides is 1. The van der Waals surface area contributed by atoms with Crippen molar-refractivity contribution in [1.82, 2.24) is 4.90 Å². The fourth-order valence-electron chi connectivity index (χ4n) is 2.22. The second-order valence-corrected chi connectivity index (χ2v) is 4.47. The Hall–Kier alpha value is -1.75. The smallest absolute Gasteiger partial charge is 0.256 e. The molecule has 1 amide bonds. The van der Waals surface area contributed by atoms with Crippen LogP contribution in [0, 0.1) is 0 Å². The van der Waals surface area contributed by atoms with Crippen molar-refractivity contribution in [1.29, 1.82) is 0 Å². The first-order valence-electron chi connectivity index (χ1n) is 6.03. The molecular weight excluding hydrogens is 232 g/mol. The Morgan fingerprint density at radius 1 is 1.56 bits per heavy atom. The van der Waals surface area contributed by atoms with E-state index in [0.717, 1.165) is 12.8 Å². The minimum absolute atomic E-state index is 0.148. The number of carbonyl (C=O) groups excluding carboxylic acids is 1. The molecule has 0 saturated carbocycles. The zero-order valence-electron chi connectivity index (χ0n) is 10.4. The van der Waals surface area contributed by atoms with E-state index < -0.39 is 6.10 Å². The van der Waals surface area contributed by atoms with Gasteiger partial charge in [-0.1, -0.05) is 6.07 Å². The number of aliphatic hydroxyl groups excluding tert-OH is 1. The zero-order valence-corrected chi connectivity index (χ0v) is 10.4. The average molecular weight is 250 g/mol. The highest BCUT2D eigenvalue weighted by atomic mass is 16.5. The van der Waals surface area contributed by atoms with E-state index in [0.29, 0.717) is 30.1 Å². The number of β-amino-alcohol motifs (C(OH)–C–C–N with tert-alkyl or cyclic N) is 1. The van der Waals surface area contributed by atoms with E-state index in [1.165, 1.54) is 7.11 Å². The van der Waals surface area contributed by atoms with Gasteiger partial charge >= 0.3 is 0 Å². The minimum Gasteiger partial charge on any atom is -0.495 e. The largest absolute Gasteiger partial charge is 0.495 e. The van der Waals surface area contributed by atoms with Crippen LogP contribution in [0.4, 0.5) is 5.69 Å². The van der Waals surface area contributed by atoms with Gasteiger partial charge in [0, 0.05) is 13.1 Å². The lowest BCUT2D eigenvalue weighted by Gasteiger charge is -2.30. The molecule has 1 saturated heterocycles. The van der Waals surface area contributed by atoms with Gasteiger partial charge in [-0.15, -0.1) is 0 Å². The molecule has 1 aromatic rings. The third kappa shape index (κ3) is 2.41. The molecule has 0 aromatic heterocycles. The molecule has 1 fully saturated rings. The van der Waals surface area contributed by atoms with Crippen LogP contribution in [-0.4, -0.2) is 42.2 Å². The molecule has 5 heteroatoms. The van der Waals surface area contributed by atoms with Gasteiger partial charge in [0.2, 0.25) is 0 Å². The van der Waals surface area contributed by atoms with Crippen molar-refractivity contribution in [3.8, 4) is 5.75 Å². The third-order valence-electron chi connectivity index (χ3n) is 3.20. The van der Waals surface area contributed by atoms with Crippen molar-refractivity contribution in [3.63, 3.8) is 0 Å². The summed E-state index contributed by atoms with van der Waals surface area (Å²) in [6, 6.07) is 5.14. The maximum atomic E-state index is 12.3. The minimum atomic E-state index is -0.436. The number of carbonyl (C=O) groups is 1. The number of nitrogen functional groups attached to an aromatic ring is 1. The number of hydrogen-bond donors (Lipinski definition) is 2. The summed E-state index contributed by atoms with van der Waals surface area (Å²) in [5, 5.41) is 9.60. The predicted octanol–water partition coefficient (Wildman–Crippen LogP) is 0.874. The molecule has 3 N–H and O–H groups in total. The van der Waals surface area contributed by atoms with E-state index in [4.69, 9.17) is 10.5 Å². The molecule has 0 spiro atoms. The molecule has 2 rings (SSSR count). The van der Waals surface area contributed by atoms with E-state index >= 15 is 0 Å². The first-order chi connectivity index (χ1) is 8.63. The summed E-state index contributed by atoms with van der Waals surface area (Å²) in [6.07, 6.45) is 1.13. The molecule has 1 aliphatic heterocycles. The van der Waals surface area contributed by atoms with Crippen LogP contribution in [-0.2, 0) is 0 Å². The summed E-state index contributed by atoms with van der Waals surface area (Å²) in [4.78, 5) is 14.0. The highest BCUT2D eigenvalue weighted by molar-refractivity contribution is 6.00. The van der Waals surface area contributed by atoms with Gasteiger partial charge in [-0.2, -0.15) is 0 Å². The highest BCUT2D eigenvalue weighted by Gasteiger charge is 2.24. The molecule has 0 aliphatic carbocycles. The molecule has 1 aromatic carbocycles. The maximum Gasteiger partial charge on any atom is 0.256 e. The molecule has 1 heterocycles. The van der Waals surface area contributed by atoms with E-state index in [1.807, 2.05) is 0 Å². The zero-order chi connectivity index (χ0) is 13.1. The second-order valence-electron chi connectivity index (χ2n) is 4.47. The molecule has 1 aliphatic rings. The van der Waals surface area contributed by atoms with Crippen LogP contribution in [0.1, 0.15) is 23.2 Å². The Bertz CT molecular complexity index is 448. The molecule has 0 bridgehead atoms. The Balaban J connectivity index is 2.23. The molecule has 1 unspecified atom stereocenters. The van der Waals surface area contributed by atoms with Crippen molar-refractivity contribution >= 4 is 11.6 Å². The number of para-hydroxylation sites is 1. The fourth-order valence-corrected chi connectivity index (χ4v) is 2.22. The monoisotopic (exact) mass is 250 g/mol. The third-order valence-corrected chi connectivity index (χ3v) is 3.20. The number of nitrogens with two attached hydrogens (primary N) is 1. The quantitative estimate of drug-likeness (QED) is 0.764. The summed E-state index contributed by atoms with van der Waals surface area (Å²) in [7, 11) is 1.52. The standard InChI is InChI=1S/C13H18N2O3/c1-18-11-6-2-5-10(12(11)14)13(17)15-7-3-4-9(16)8-15/h2,5-6,9,16H,3-4,7-8,14H2,1H3. The van der Waals surface area contributed by atoms with Gasteiger partial charge in [0.05, 0.1) is 24.5 Å². The topological polar surface area (TPSA) is 75.8 Å². The fraction of sp³-hybridized carbons (Fsp3) is 0.462. The highest BCUT2D eigenvalue weighted by Crippen LogP contribution is 2.26.